The fourth-order valence-electron chi connectivity index (χ4n) is 0.842. The number of aryl methyl sites for hydroxylation is 1. The molecule has 1 aromatic carbocycles. The molecule has 12 heavy (non-hydrogen) atoms. The van der Waals surface area contributed by atoms with E-state index in [2.05, 4.69) is 4.74 Å². The maximum Gasteiger partial charge on any atom is 0.228 e. The van der Waals surface area contributed by atoms with Crippen LogP contribution in [0.2, 0.25) is 5.02 Å². The van der Waals surface area contributed by atoms with Crippen LogP contribution in [0.15, 0.2) is 12.1 Å². The van der Waals surface area contributed by atoms with Gasteiger partial charge in [-0.3, -0.25) is 0 Å². The summed E-state index contributed by atoms with van der Waals surface area (Å²) in [5.74, 6) is -0.260. The molecule has 4 heteroatoms. The highest BCUT2D eigenvalue weighted by atomic mass is 35.5. The number of benzene rings is 1. The molecule has 0 aromatic heterocycles. The molecule has 1 rings (SSSR count). The molecule has 1 nitrogen and oxygen atoms in total. The highest BCUT2D eigenvalue weighted by Gasteiger charge is 2.05. The van der Waals surface area contributed by atoms with Crippen LogP contribution in [-0.2, 0) is 0 Å². The number of rotatable bonds is 2. The predicted octanol–water partition coefficient (Wildman–Crippen LogP) is 3.09. The molecule has 0 atom stereocenters. The lowest BCUT2D eigenvalue weighted by Gasteiger charge is -2.05. The van der Waals surface area contributed by atoms with Crippen LogP contribution in [0.1, 0.15) is 5.56 Å². The van der Waals surface area contributed by atoms with Crippen LogP contribution in [-0.4, -0.2) is 6.86 Å². The van der Waals surface area contributed by atoms with E-state index in [4.69, 9.17) is 11.6 Å². The summed E-state index contributed by atoms with van der Waals surface area (Å²) in [5.41, 5.74) is 0.523. The topological polar surface area (TPSA) is 9.23 Å². The first-order valence-corrected chi connectivity index (χ1v) is 3.67. The van der Waals surface area contributed by atoms with Crippen LogP contribution in [0.5, 0.6) is 5.75 Å². The van der Waals surface area contributed by atoms with E-state index in [1.54, 1.807) is 6.92 Å². The zero-order valence-electron chi connectivity index (χ0n) is 6.40. The summed E-state index contributed by atoms with van der Waals surface area (Å²) in [6, 6.07) is 2.46. The third-order valence-corrected chi connectivity index (χ3v) is 1.72. The van der Waals surface area contributed by atoms with Gasteiger partial charge in [-0.2, -0.15) is 0 Å². The SMILES string of the molecule is Cc1cc(F)c(Cl)cc1OCF. The van der Waals surface area contributed by atoms with Gasteiger partial charge in [-0.1, -0.05) is 11.6 Å². The van der Waals surface area contributed by atoms with Crippen LogP contribution in [0.4, 0.5) is 8.78 Å². The summed E-state index contributed by atoms with van der Waals surface area (Å²) in [4.78, 5) is 0. The average molecular weight is 193 g/mol. The second-order valence-corrected chi connectivity index (χ2v) is 2.69. The second-order valence-electron chi connectivity index (χ2n) is 2.29. The number of halogens is 3. The van der Waals surface area contributed by atoms with Gasteiger partial charge in [0.1, 0.15) is 11.6 Å². The third kappa shape index (κ3) is 1.85. The number of ether oxygens (including phenoxy) is 1. The van der Waals surface area contributed by atoms with E-state index in [9.17, 15) is 8.78 Å². The van der Waals surface area contributed by atoms with E-state index in [1.165, 1.54) is 12.1 Å². The van der Waals surface area contributed by atoms with E-state index in [0.717, 1.165) is 0 Å². The van der Waals surface area contributed by atoms with E-state index >= 15 is 0 Å². The molecule has 1 aromatic rings. The normalized spacial score (nSPS) is 10.0. The third-order valence-electron chi connectivity index (χ3n) is 1.43. The van der Waals surface area contributed by atoms with Gasteiger partial charge >= 0.3 is 0 Å². The highest BCUT2D eigenvalue weighted by molar-refractivity contribution is 6.30. The molecule has 0 spiro atoms. The lowest BCUT2D eigenvalue weighted by Crippen LogP contribution is -1.93. The lowest BCUT2D eigenvalue weighted by molar-refractivity contribution is 0.190. The molecule has 0 aliphatic carbocycles. The molecule has 0 N–H and O–H groups in total. The first kappa shape index (κ1) is 9.26. The number of hydrogen-bond donors (Lipinski definition) is 0. The molecule has 0 fully saturated rings. The van der Waals surface area contributed by atoms with Gasteiger partial charge in [-0.05, 0) is 18.6 Å². The van der Waals surface area contributed by atoms with Crippen molar-refractivity contribution >= 4 is 11.6 Å². The Kier molecular flexibility index (Phi) is 2.87. The van der Waals surface area contributed by atoms with Gasteiger partial charge in [0.2, 0.25) is 6.86 Å². The molecular weight excluding hydrogens is 186 g/mol. The highest BCUT2D eigenvalue weighted by Crippen LogP contribution is 2.25. The van der Waals surface area contributed by atoms with Crippen molar-refractivity contribution in [3.05, 3.63) is 28.5 Å². The molecule has 0 aliphatic heterocycles. The molecule has 0 bridgehead atoms. The van der Waals surface area contributed by atoms with Gasteiger partial charge in [-0.15, -0.1) is 0 Å². The monoisotopic (exact) mass is 192 g/mol. The van der Waals surface area contributed by atoms with Gasteiger partial charge in [0, 0.05) is 6.07 Å². The van der Waals surface area contributed by atoms with Crippen molar-refractivity contribution in [2.75, 3.05) is 6.86 Å². The van der Waals surface area contributed by atoms with E-state index in [0.29, 0.717) is 5.56 Å². The number of alkyl halides is 1. The summed E-state index contributed by atoms with van der Waals surface area (Å²) in [5, 5.41) is -0.0657. The Hall–Kier alpha value is -0.830. The smallest absolute Gasteiger partial charge is 0.228 e. The second kappa shape index (κ2) is 3.72. The van der Waals surface area contributed by atoms with Crippen molar-refractivity contribution in [3.63, 3.8) is 0 Å². The van der Waals surface area contributed by atoms with E-state index in [-0.39, 0.29) is 10.8 Å². The van der Waals surface area contributed by atoms with Crippen molar-refractivity contribution in [2.45, 2.75) is 6.92 Å². The first-order valence-electron chi connectivity index (χ1n) is 3.29. The molecule has 0 saturated carbocycles. The minimum absolute atomic E-state index is 0.0657. The van der Waals surface area contributed by atoms with Crippen LogP contribution in [0.3, 0.4) is 0 Å². The standard InChI is InChI=1S/C8H7ClF2O/c1-5-2-7(11)6(9)3-8(5)12-4-10/h2-3H,4H2,1H3. The fourth-order valence-corrected chi connectivity index (χ4v) is 0.996. The Bertz CT molecular complexity index is 289. The average Bonchev–Trinajstić information content (AvgIpc) is 2.01. The quantitative estimate of drug-likeness (QED) is 0.700. The van der Waals surface area contributed by atoms with E-state index in [1.807, 2.05) is 0 Å². The van der Waals surface area contributed by atoms with Crippen LogP contribution < -0.4 is 4.74 Å². The summed E-state index contributed by atoms with van der Waals surface area (Å²) < 4.78 is 29.0. The fraction of sp³-hybridized carbons (Fsp3) is 0.250. The number of hydrogen-bond acceptors (Lipinski definition) is 1. The first-order chi connectivity index (χ1) is 5.65. The maximum absolute atomic E-state index is 12.7. The van der Waals surface area contributed by atoms with Crippen LogP contribution in [0.25, 0.3) is 0 Å². The van der Waals surface area contributed by atoms with Gasteiger partial charge in [0.05, 0.1) is 5.02 Å². The van der Waals surface area contributed by atoms with Crippen molar-refractivity contribution in [3.8, 4) is 5.75 Å². The molecule has 0 heterocycles. The van der Waals surface area contributed by atoms with Crippen molar-refractivity contribution < 1.29 is 13.5 Å². The molecular formula is C8H7ClF2O. The van der Waals surface area contributed by atoms with Gasteiger partial charge < -0.3 is 4.74 Å². The Morgan fingerprint density at radius 1 is 1.50 bits per heavy atom. The molecule has 0 unspecified atom stereocenters. The van der Waals surface area contributed by atoms with Crippen molar-refractivity contribution in [2.24, 2.45) is 0 Å². The Morgan fingerprint density at radius 2 is 2.17 bits per heavy atom. The van der Waals surface area contributed by atoms with Gasteiger partial charge in [0.15, 0.2) is 0 Å². The zero-order chi connectivity index (χ0) is 9.14. The molecule has 0 radical (unpaired) electrons. The van der Waals surface area contributed by atoms with Crippen LogP contribution >= 0.6 is 11.6 Å². The van der Waals surface area contributed by atoms with E-state index < -0.39 is 12.7 Å². The summed E-state index contributed by atoms with van der Waals surface area (Å²) in [6.45, 7) is 0.674. The molecule has 0 saturated heterocycles. The lowest BCUT2D eigenvalue weighted by atomic mass is 10.2. The van der Waals surface area contributed by atoms with Gasteiger partial charge in [-0.25, -0.2) is 8.78 Å². The Balaban J connectivity index is 3.05. The van der Waals surface area contributed by atoms with Crippen molar-refractivity contribution in [1.29, 1.82) is 0 Å². The Labute approximate surface area is 73.9 Å². The minimum atomic E-state index is -0.942. The van der Waals surface area contributed by atoms with Crippen LogP contribution in [0, 0.1) is 12.7 Å². The predicted molar refractivity (Wildman–Crippen MR) is 42.8 cm³/mol. The molecule has 66 valence electrons. The molecule has 0 aliphatic rings. The zero-order valence-corrected chi connectivity index (χ0v) is 7.16. The minimum Gasteiger partial charge on any atom is -0.463 e. The summed E-state index contributed by atoms with van der Waals surface area (Å²) >= 11 is 5.44. The summed E-state index contributed by atoms with van der Waals surface area (Å²) in [6.07, 6.45) is 0. The molecule has 0 amide bonds. The largest absolute Gasteiger partial charge is 0.463 e. The van der Waals surface area contributed by atoms with Crippen molar-refractivity contribution in [1.82, 2.24) is 0 Å². The summed E-state index contributed by atoms with van der Waals surface area (Å²) in [7, 11) is 0. The Morgan fingerprint density at radius 3 is 2.75 bits per heavy atom. The van der Waals surface area contributed by atoms with Gasteiger partial charge in [0.25, 0.3) is 0 Å². The maximum atomic E-state index is 12.7.